The summed E-state index contributed by atoms with van der Waals surface area (Å²) in [4.78, 5) is 3.29. The lowest BCUT2D eigenvalue weighted by Gasteiger charge is -2.11. The van der Waals surface area contributed by atoms with Crippen LogP contribution < -0.4 is 5.14 Å². The van der Waals surface area contributed by atoms with E-state index in [1.807, 2.05) is 0 Å². The summed E-state index contributed by atoms with van der Waals surface area (Å²) in [5.74, 6) is -5.74. The van der Waals surface area contributed by atoms with Gasteiger partial charge in [-0.25, -0.2) is 17.9 Å². The number of rotatable bonds is 4. The molecular formula is C16H12F3N3O3S. The Kier molecular flexibility index (Phi) is 4.32. The Balaban J connectivity index is 2.09. The molecule has 3 rings (SSSR count). The van der Waals surface area contributed by atoms with Crippen molar-refractivity contribution in [3.05, 3.63) is 65.2 Å². The number of alkyl halides is 2. The number of nitrogens with zero attached hydrogens (tertiary/aromatic N) is 2. The van der Waals surface area contributed by atoms with E-state index in [9.17, 15) is 21.6 Å². The van der Waals surface area contributed by atoms with E-state index in [4.69, 9.17) is 9.66 Å². The summed E-state index contributed by atoms with van der Waals surface area (Å²) in [5.41, 5.74) is 0.0146. The van der Waals surface area contributed by atoms with Crippen LogP contribution in [0.15, 0.2) is 51.9 Å². The van der Waals surface area contributed by atoms with Crippen molar-refractivity contribution in [2.45, 2.75) is 17.7 Å². The number of primary sulfonamides is 1. The molecule has 0 atom stereocenters. The molecule has 2 N–H and O–H groups in total. The molecule has 0 amide bonds. The van der Waals surface area contributed by atoms with E-state index in [-0.39, 0.29) is 10.5 Å². The topological polar surface area (TPSA) is 99.1 Å². The smallest absolute Gasteiger partial charge is 0.334 e. The predicted molar refractivity (Wildman–Crippen MR) is 85.2 cm³/mol. The Hall–Kier alpha value is -2.72. The van der Waals surface area contributed by atoms with Crippen molar-refractivity contribution in [2.24, 2.45) is 5.14 Å². The van der Waals surface area contributed by atoms with Gasteiger partial charge >= 0.3 is 5.92 Å². The van der Waals surface area contributed by atoms with E-state index in [0.29, 0.717) is 5.56 Å². The van der Waals surface area contributed by atoms with Crippen molar-refractivity contribution in [1.29, 1.82) is 0 Å². The van der Waals surface area contributed by atoms with Crippen molar-refractivity contribution in [3.8, 4) is 11.5 Å². The normalized spacial score (nSPS) is 12.3. The molecule has 1 aromatic heterocycles. The largest absolute Gasteiger partial charge is 0.335 e. The van der Waals surface area contributed by atoms with Crippen molar-refractivity contribution in [2.75, 3.05) is 0 Å². The molecule has 0 fully saturated rings. The van der Waals surface area contributed by atoms with Gasteiger partial charge < -0.3 is 4.52 Å². The first-order valence-electron chi connectivity index (χ1n) is 7.21. The molecule has 2 aromatic carbocycles. The summed E-state index contributed by atoms with van der Waals surface area (Å²) < 4.78 is 70.2. The van der Waals surface area contributed by atoms with Gasteiger partial charge in [0.15, 0.2) is 0 Å². The van der Waals surface area contributed by atoms with Crippen LogP contribution in [0.25, 0.3) is 11.5 Å². The second kappa shape index (κ2) is 6.22. The summed E-state index contributed by atoms with van der Waals surface area (Å²) >= 11 is 0. The van der Waals surface area contributed by atoms with E-state index >= 15 is 0 Å². The molecule has 10 heteroatoms. The van der Waals surface area contributed by atoms with Gasteiger partial charge in [-0.2, -0.15) is 13.8 Å². The Morgan fingerprint density at radius 2 is 1.77 bits per heavy atom. The lowest BCUT2D eigenvalue weighted by Crippen LogP contribution is -2.17. The molecule has 0 unspecified atom stereocenters. The van der Waals surface area contributed by atoms with Crippen LogP contribution in [0.1, 0.15) is 17.0 Å². The summed E-state index contributed by atoms with van der Waals surface area (Å²) in [6.07, 6.45) is 0. The number of hydrogen-bond donors (Lipinski definition) is 1. The molecule has 0 aliphatic carbocycles. The predicted octanol–water partition coefficient (Wildman–Crippen LogP) is 2.97. The second-order valence-electron chi connectivity index (χ2n) is 5.55. The summed E-state index contributed by atoms with van der Waals surface area (Å²) in [6, 6.07) is 7.65. The first kappa shape index (κ1) is 18.1. The fourth-order valence-corrected chi connectivity index (χ4v) is 3.02. The van der Waals surface area contributed by atoms with Crippen LogP contribution in [0, 0.1) is 12.7 Å². The highest BCUT2D eigenvalue weighted by Crippen LogP contribution is 2.35. The van der Waals surface area contributed by atoms with Gasteiger partial charge in [0, 0.05) is 5.56 Å². The lowest BCUT2D eigenvalue weighted by molar-refractivity contribution is 0.0304. The minimum atomic E-state index is -4.14. The van der Waals surface area contributed by atoms with Crippen LogP contribution in [0.3, 0.4) is 0 Å². The number of benzene rings is 2. The van der Waals surface area contributed by atoms with Crippen LogP contribution >= 0.6 is 0 Å². The summed E-state index contributed by atoms with van der Waals surface area (Å²) in [6.45, 7) is 1.67. The quantitative estimate of drug-likeness (QED) is 0.747. The fraction of sp³-hybridized carbons (Fsp3) is 0.125. The average Bonchev–Trinajstić information content (AvgIpc) is 3.04. The maximum atomic E-state index is 14.5. The molecule has 0 aliphatic heterocycles. The first-order chi connectivity index (χ1) is 12.1. The van der Waals surface area contributed by atoms with Gasteiger partial charge in [-0.15, -0.1) is 0 Å². The minimum Gasteiger partial charge on any atom is -0.334 e. The van der Waals surface area contributed by atoms with Gasteiger partial charge in [-0.3, -0.25) is 0 Å². The molecule has 0 saturated heterocycles. The van der Waals surface area contributed by atoms with E-state index in [0.717, 1.165) is 24.3 Å². The summed E-state index contributed by atoms with van der Waals surface area (Å²) in [7, 11) is -4.14. The Labute approximate surface area is 146 Å². The Morgan fingerprint density at radius 1 is 1.12 bits per heavy atom. The summed E-state index contributed by atoms with van der Waals surface area (Å²) in [5, 5.41) is 8.39. The fourth-order valence-electron chi connectivity index (χ4n) is 2.31. The molecule has 0 spiro atoms. The maximum Gasteiger partial charge on any atom is 0.335 e. The van der Waals surface area contributed by atoms with Crippen molar-refractivity contribution in [3.63, 3.8) is 0 Å². The van der Waals surface area contributed by atoms with Gasteiger partial charge in [-0.05, 0) is 43.3 Å². The monoisotopic (exact) mass is 383 g/mol. The van der Waals surface area contributed by atoms with Gasteiger partial charge in [0.05, 0.1) is 10.5 Å². The van der Waals surface area contributed by atoms with Crippen LogP contribution in [0.5, 0.6) is 0 Å². The SMILES string of the molecule is Cc1ccc(S(N)(=O)=O)c(-c2nc(C(F)(F)c3ccc(F)cc3)no2)c1. The zero-order chi connectivity index (χ0) is 19.1. The Bertz CT molecular complexity index is 1060. The van der Waals surface area contributed by atoms with Crippen LogP contribution in [-0.2, 0) is 15.9 Å². The highest BCUT2D eigenvalue weighted by molar-refractivity contribution is 7.89. The van der Waals surface area contributed by atoms with E-state index in [1.165, 1.54) is 18.2 Å². The Morgan fingerprint density at radius 3 is 2.38 bits per heavy atom. The first-order valence-corrected chi connectivity index (χ1v) is 8.75. The third-order valence-electron chi connectivity index (χ3n) is 3.59. The van der Waals surface area contributed by atoms with E-state index in [2.05, 4.69) is 10.1 Å². The second-order valence-corrected chi connectivity index (χ2v) is 7.08. The van der Waals surface area contributed by atoms with Gasteiger partial charge in [-0.1, -0.05) is 16.8 Å². The molecule has 136 valence electrons. The van der Waals surface area contributed by atoms with Crippen molar-refractivity contribution in [1.82, 2.24) is 10.1 Å². The number of halogens is 3. The zero-order valence-corrected chi connectivity index (χ0v) is 14.1. The van der Waals surface area contributed by atoms with Gasteiger partial charge in [0.2, 0.25) is 15.8 Å². The highest BCUT2D eigenvalue weighted by Gasteiger charge is 2.40. The standard InChI is InChI=1S/C16H12F3N3O3S/c1-9-2-7-13(26(20,23)24)12(8-9)14-21-15(22-25-14)16(18,19)10-3-5-11(17)6-4-10/h2-8H,1H3,(H2,20,23,24). The third-order valence-corrected chi connectivity index (χ3v) is 4.55. The molecule has 0 bridgehead atoms. The van der Waals surface area contributed by atoms with Crippen LogP contribution in [0.2, 0.25) is 0 Å². The van der Waals surface area contributed by atoms with E-state index < -0.39 is 39.0 Å². The third kappa shape index (κ3) is 3.33. The molecule has 3 aromatic rings. The zero-order valence-electron chi connectivity index (χ0n) is 13.3. The minimum absolute atomic E-state index is 0.0823. The molecule has 0 saturated carbocycles. The number of nitrogens with two attached hydrogens (primary N) is 1. The van der Waals surface area contributed by atoms with Crippen LogP contribution in [0.4, 0.5) is 13.2 Å². The molecular weight excluding hydrogens is 371 g/mol. The van der Waals surface area contributed by atoms with Crippen molar-refractivity contribution >= 4 is 10.0 Å². The molecule has 0 radical (unpaired) electrons. The van der Waals surface area contributed by atoms with Crippen molar-refractivity contribution < 1.29 is 26.1 Å². The van der Waals surface area contributed by atoms with Gasteiger partial charge in [0.1, 0.15) is 5.82 Å². The molecule has 6 nitrogen and oxygen atoms in total. The van der Waals surface area contributed by atoms with E-state index in [1.54, 1.807) is 6.92 Å². The maximum absolute atomic E-state index is 14.5. The molecule has 26 heavy (non-hydrogen) atoms. The average molecular weight is 383 g/mol. The van der Waals surface area contributed by atoms with Gasteiger partial charge in [0.25, 0.3) is 5.89 Å². The number of aromatic nitrogens is 2. The highest BCUT2D eigenvalue weighted by atomic mass is 32.2. The van der Waals surface area contributed by atoms with Crippen LogP contribution in [-0.4, -0.2) is 18.6 Å². The number of sulfonamides is 1. The number of aryl methyl sites for hydroxylation is 1. The number of hydrogen-bond acceptors (Lipinski definition) is 5. The molecule has 1 heterocycles. The lowest BCUT2D eigenvalue weighted by atomic mass is 10.1. The molecule has 0 aliphatic rings.